The van der Waals surface area contributed by atoms with Crippen LogP contribution in [0.25, 0.3) is 0 Å². The number of benzene rings is 1. The monoisotopic (exact) mass is 413 g/mol. The van der Waals surface area contributed by atoms with Crippen LogP contribution < -0.4 is 14.9 Å². The molecule has 1 aromatic rings. The normalized spacial score (nSPS) is 14.7. The van der Waals surface area contributed by atoms with Crippen molar-refractivity contribution in [2.75, 3.05) is 61.9 Å². The summed E-state index contributed by atoms with van der Waals surface area (Å²) in [6, 6.07) is 7.28. The second-order valence-corrected chi connectivity index (χ2v) is 8.49. The van der Waals surface area contributed by atoms with Gasteiger partial charge < -0.3 is 19.7 Å². The first-order valence-electron chi connectivity index (χ1n) is 9.69. The first-order chi connectivity index (χ1) is 13.5. The van der Waals surface area contributed by atoms with Crippen molar-refractivity contribution in [2.45, 2.75) is 25.7 Å². The molecule has 1 amide bonds. The van der Waals surface area contributed by atoms with Gasteiger partial charge in [-0.15, -0.1) is 0 Å². The van der Waals surface area contributed by atoms with Gasteiger partial charge >= 0.3 is 0 Å². The number of amides is 1. The number of ether oxygens (including phenoxy) is 2. The third kappa shape index (κ3) is 8.45. The number of piperidine rings is 1. The van der Waals surface area contributed by atoms with Gasteiger partial charge in [-0.05, 0) is 49.9 Å². The summed E-state index contributed by atoms with van der Waals surface area (Å²) < 4.78 is 37.0. The lowest BCUT2D eigenvalue weighted by Gasteiger charge is -2.28. The van der Waals surface area contributed by atoms with Gasteiger partial charge in [0.2, 0.25) is 15.9 Å². The van der Waals surface area contributed by atoms with Gasteiger partial charge in [-0.25, -0.2) is 8.42 Å². The number of rotatable bonds is 12. The zero-order valence-corrected chi connectivity index (χ0v) is 17.3. The lowest BCUT2D eigenvalue weighted by Crippen LogP contribution is -2.33. The molecule has 1 saturated heterocycles. The van der Waals surface area contributed by atoms with E-state index in [0.717, 1.165) is 18.8 Å². The topological polar surface area (TPSA) is 97.0 Å². The molecule has 0 radical (unpaired) electrons. The SMILES string of the molecule is COCCOCCCNC(=O)CS(=O)(=O)Nc1ccc(N2CCCCC2)cc1. The molecular weight excluding hydrogens is 382 g/mol. The van der Waals surface area contributed by atoms with Gasteiger partial charge in [-0.1, -0.05) is 0 Å². The van der Waals surface area contributed by atoms with E-state index in [0.29, 0.717) is 38.5 Å². The van der Waals surface area contributed by atoms with Gasteiger partial charge in [0, 0.05) is 44.7 Å². The van der Waals surface area contributed by atoms with Crippen LogP contribution in [0.1, 0.15) is 25.7 Å². The summed E-state index contributed by atoms with van der Waals surface area (Å²) >= 11 is 0. The summed E-state index contributed by atoms with van der Waals surface area (Å²) in [4.78, 5) is 14.1. The van der Waals surface area contributed by atoms with Gasteiger partial charge in [0.05, 0.1) is 13.2 Å². The Morgan fingerprint density at radius 3 is 2.46 bits per heavy atom. The van der Waals surface area contributed by atoms with E-state index >= 15 is 0 Å². The first kappa shape index (κ1) is 22.4. The molecule has 0 unspecified atom stereocenters. The minimum atomic E-state index is -3.75. The molecule has 8 nitrogen and oxygen atoms in total. The third-order valence-electron chi connectivity index (χ3n) is 4.40. The summed E-state index contributed by atoms with van der Waals surface area (Å²) in [6.07, 6.45) is 4.24. The maximum Gasteiger partial charge on any atom is 0.241 e. The highest BCUT2D eigenvalue weighted by Crippen LogP contribution is 2.22. The number of carbonyl (C=O) groups is 1. The van der Waals surface area contributed by atoms with Crippen molar-refractivity contribution < 1.29 is 22.7 Å². The van der Waals surface area contributed by atoms with Crippen LogP contribution in [0.3, 0.4) is 0 Å². The predicted molar refractivity (Wildman–Crippen MR) is 110 cm³/mol. The standard InChI is InChI=1S/C19H31N3O5S/c1-26-14-15-27-13-5-10-20-19(23)16-28(24,25)21-17-6-8-18(9-7-17)22-11-3-2-4-12-22/h6-9,21H,2-5,10-16H2,1H3,(H,20,23). The number of nitrogens with one attached hydrogen (secondary N) is 2. The van der Waals surface area contributed by atoms with E-state index in [2.05, 4.69) is 14.9 Å². The minimum Gasteiger partial charge on any atom is -0.382 e. The zero-order valence-electron chi connectivity index (χ0n) is 16.5. The molecule has 158 valence electrons. The van der Waals surface area contributed by atoms with E-state index in [-0.39, 0.29) is 0 Å². The fourth-order valence-electron chi connectivity index (χ4n) is 2.98. The van der Waals surface area contributed by atoms with Crippen molar-refractivity contribution in [2.24, 2.45) is 0 Å². The van der Waals surface area contributed by atoms with Crippen molar-refractivity contribution in [3.05, 3.63) is 24.3 Å². The number of nitrogens with zero attached hydrogens (tertiary/aromatic N) is 1. The van der Waals surface area contributed by atoms with Crippen LogP contribution in [0.15, 0.2) is 24.3 Å². The van der Waals surface area contributed by atoms with Crippen LogP contribution in [0.4, 0.5) is 11.4 Å². The van der Waals surface area contributed by atoms with E-state index in [9.17, 15) is 13.2 Å². The van der Waals surface area contributed by atoms with Crippen LogP contribution in [-0.2, 0) is 24.3 Å². The quantitative estimate of drug-likeness (QED) is 0.505. The molecule has 2 N–H and O–H groups in total. The number of anilines is 2. The van der Waals surface area contributed by atoms with Crippen LogP contribution in [0.2, 0.25) is 0 Å². The summed E-state index contributed by atoms with van der Waals surface area (Å²) in [7, 11) is -2.15. The maximum absolute atomic E-state index is 12.2. The molecule has 0 spiro atoms. The summed E-state index contributed by atoms with van der Waals surface area (Å²) in [6.45, 7) is 3.93. The molecule has 2 rings (SSSR count). The van der Waals surface area contributed by atoms with Crippen LogP contribution in [0.5, 0.6) is 0 Å². The molecule has 0 bridgehead atoms. The number of carbonyl (C=O) groups excluding carboxylic acids is 1. The molecule has 0 aliphatic carbocycles. The maximum atomic E-state index is 12.2. The molecule has 9 heteroatoms. The Labute approximate surface area is 167 Å². The predicted octanol–water partition coefficient (Wildman–Crippen LogP) is 1.59. The second-order valence-electron chi connectivity index (χ2n) is 6.76. The molecule has 1 aliphatic heterocycles. The van der Waals surface area contributed by atoms with Crippen molar-refractivity contribution in [3.63, 3.8) is 0 Å². The van der Waals surface area contributed by atoms with Gasteiger partial charge in [0.25, 0.3) is 0 Å². The summed E-state index contributed by atoms with van der Waals surface area (Å²) in [5, 5.41) is 2.59. The Balaban J connectivity index is 1.71. The smallest absolute Gasteiger partial charge is 0.241 e. The first-order valence-corrected chi connectivity index (χ1v) is 11.3. The Kier molecular flexibility index (Phi) is 9.52. The Morgan fingerprint density at radius 1 is 1.07 bits per heavy atom. The highest BCUT2D eigenvalue weighted by molar-refractivity contribution is 7.93. The molecule has 0 atom stereocenters. The van der Waals surface area contributed by atoms with Gasteiger partial charge in [0.15, 0.2) is 0 Å². The molecule has 1 aromatic carbocycles. The van der Waals surface area contributed by atoms with Crippen LogP contribution in [0, 0.1) is 0 Å². The number of hydrogen-bond acceptors (Lipinski definition) is 6. The van der Waals surface area contributed by atoms with Crippen molar-refractivity contribution in [1.82, 2.24) is 5.32 Å². The zero-order chi connectivity index (χ0) is 20.2. The van der Waals surface area contributed by atoms with Crippen molar-refractivity contribution in [1.29, 1.82) is 0 Å². The van der Waals surface area contributed by atoms with E-state index in [1.54, 1.807) is 19.2 Å². The minimum absolute atomic E-state index is 0.367. The van der Waals surface area contributed by atoms with Gasteiger partial charge in [-0.2, -0.15) is 0 Å². The van der Waals surface area contributed by atoms with E-state index in [1.165, 1.54) is 19.3 Å². The Morgan fingerprint density at radius 2 is 1.79 bits per heavy atom. The number of sulfonamides is 1. The fourth-order valence-corrected chi connectivity index (χ4v) is 3.99. The lowest BCUT2D eigenvalue weighted by atomic mass is 10.1. The van der Waals surface area contributed by atoms with Gasteiger partial charge in [-0.3, -0.25) is 9.52 Å². The van der Waals surface area contributed by atoms with Crippen LogP contribution >= 0.6 is 0 Å². The molecular formula is C19H31N3O5S. The highest BCUT2D eigenvalue weighted by Gasteiger charge is 2.17. The molecule has 1 heterocycles. The second kappa shape index (κ2) is 11.9. The third-order valence-corrected chi connectivity index (χ3v) is 5.59. The average molecular weight is 414 g/mol. The fraction of sp³-hybridized carbons (Fsp3) is 0.632. The molecule has 28 heavy (non-hydrogen) atoms. The summed E-state index contributed by atoms with van der Waals surface area (Å²) in [5.74, 6) is -1.14. The van der Waals surface area contributed by atoms with Gasteiger partial charge in [0.1, 0.15) is 5.75 Å². The molecule has 0 aromatic heterocycles. The van der Waals surface area contributed by atoms with Crippen molar-refractivity contribution >= 4 is 27.3 Å². The molecule has 0 saturated carbocycles. The highest BCUT2D eigenvalue weighted by atomic mass is 32.2. The number of methoxy groups -OCH3 is 1. The molecule has 1 aliphatic rings. The van der Waals surface area contributed by atoms with E-state index in [1.807, 2.05) is 12.1 Å². The number of hydrogen-bond donors (Lipinski definition) is 2. The van der Waals surface area contributed by atoms with Crippen LogP contribution in [-0.4, -0.2) is 66.6 Å². The largest absolute Gasteiger partial charge is 0.382 e. The summed E-state index contributed by atoms with van der Waals surface area (Å²) in [5.41, 5.74) is 1.55. The van der Waals surface area contributed by atoms with E-state index in [4.69, 9.17) is 9.47 Å². The Hall–Kier alpha value is -1.84. The molecule has 1 fully saturated rings. The lowest BCUT2D eigenvalue weighted by molar-refractivity contribution is -0.118. The Bertz CT molecular complexity index is 688. The van der Waals surface area contributed by atoms with Crippen molar-refractivity contribution in [3.8, 4) is 0 Å². The van der Waals surface area contributed by atoms with E-state index < -0.39 is 21.7 Å². The average Bonchev–Trinajstić information content (AvgIpc) is 2.68.